The normalized spacial score (nSPS) is 19.2. The molecule has 0 radical (unpaired) electrons. The minimum absolute atomic E-state index is 0.00566. The third kappa shape index (κ3) is 15.2. The number of cyclic esters (lactones) is 1. The molecule has 9 N–H and O–H groups in total. The Balaban J connectivity index is 0.984. The monoisotopic (exact) mass is 1150 g/mol. The van der Waals surface area contributed by atoms with Crippen LogP contribution in [0, 0.1) is 36.4 Å². The number of aromatic nitrogens is 2. The molecule has 1 fully saturated rings. The highest BCUT2D eigenvalue weighted by Crippen LogP contribution is 2.40. The number of halogens is 1. The molecule has 5 amide bonds. The summed E-state index contributed by atoms with van der Waals surface area (Å²) in [5, 5.41) is 68.7. The van der Waals surface area contributed by atoms with Gasteiger partial charge in [0.15, 0.2) is 11.4 Å². The fourth-order valence-electron chi connectivity index (χ4n) is 10.7. The van der Waals surface area contributed by atoms with Crippen LogP contribution in [0.1, 0.15) is 139 Å². The Morgan fingerprint density at radius 2 is 1.63 bits per heavy atom. The number of aryl methyl sites for hydroxylation is 1. The van der Waals surface area contributed by atoms with Gasteiger partial charge >= 0.3 is 5.97 Å². The molecule has 6 rings (SSSR count). The predicted octanol–water partition coefficient (Wildman–Crippen LogP) is 1.54. The lowest BCUT2D eigenvalue weighted by molar-refractivity contribution is -0.172. The van der Waals surface area contributed by atoms with Crippen molar-refractivity contribution in [3.05, 3.63) is 62.2 Å². The first-order valence-corrected chi connectivity index (χ1v) is 28.3. The van der Waals surface area contributed by atoms with Gasteiger partial charge < -0.3 is 60.6 Å². The van der Waals surface area contributed by atoms with Crippen LogP contribution in [-0.4, -0.2) is 156 Å². The van der Waals surface area contributed by atoms with Gasteiger partial charge in [-0.15, -0.1) is 0 Å². The molecule has 0 spiro atoms. The number of aliphatic hydroxyl groups excluding tert-OH is 5. The van der Waals surface area contributed by atoms with E-state index < -0.39 is 108 Å². The topological polar surface area (TPSA) is 351 Å². The number of aliphatic hydroxyl groups is 6. The van der Waals surface area contributed by atoms with E-state index in [1.54, 1.807) is 47.6 Å². The van der Waals surface area contributed by atoms with Crippen molar-refractivity contribution in [1.82, 2.24) is 30.4 Å². The number of ketones is 2. The number of imide groups is 1. The third-order valence-electron chi connectivity index (χ3n) is 15.9. The molecule has 0 aliphatic carbocycles. The number of nitrogens with one attached hydrogen (secondary N) is 3. The van der Waals surface area contributed by atoms with E-state index in [0.717, 1.165) is 16.5 Å². The number of carbonyl (C=O) groups is 8. The van der Waals surface area contributed by atoms with Crippen molar-refractivity contribution in [2.24, 2.45) is 23.7 Å². The molecule has 3 aromatic rings. The Hall–Kier alpha value is -6.41. The molecule has 3 aliphatic rings. The Labute approximate surface area is 474 Å². The summed E-state index contributed by atoms with van der Waals surface area (Å²) in [7, 11) is 0. The molecule has 3 aliphatic heterocycles. The molecule has 1 saturated heterocycles. The van der Waals surface area contributed by atoms with Gasteiger partial charge in [-0.05, 0) is 81.0 Å². The van der Waals surface area contributed by atoms with Gasteiger partial charge in [-0.3, -0.25) is 43.3 Å². The van der Waals surface area contributed by atoms with Gasteiger partial charge in [0.05, 0.1) is 47.8 Å². The number of Topliss-reactive ketones (excluding diaryl/α,β-unsaturated/α-hetero) is 2. The highest BCUT2D eigenvalue weighted by atomic mass is 19.1. The molecular formula is C58H79FN6O17. The Morgan fingerprint density at radius 1 is 0.915 bits per heavy atom. The highest BCUT2D eigenvalue weighted by Gasteiger charge is 2.46. The number of ether oxygens (including phenoxy) is 2. The highest BCUT2D eigenvalue weighted by molar-refractivity contribution is 6.03. The smallest absolute Gasteiger partial charge is 0.343 e. The average Bonchev–Trinajstić information content (AvgIpc) is 4.14. The van der Waals surface area contributed by atoms with Crippen LogP contribution in [0.15, 0.2) is 23.0 Å². The van der Waals surface area contributed by atoms with E-state index >= 15 is 4.39 Å². The zero-order chi connectivity index (χ0) is 60.3. The van der Waals surface area contributed by atoms with E-state index in [2.05, 4.69) is 16.0 Å². The number of esters is 1. The van der Waals surface area contributed by atoms with E-state index in [9.17, 15) is 68.7 Å². The second-order valence-corrected chi connectivity index (χ2v) is 22.4. The maximum atomic E-state index is 15.5. The number of amides is 5. The number of hydrogen-bond donors (Lipinski definition) is 9. The average molecular weight is 1150 g/mol. The first-order chi connectivity index (χ1) is 38.8. The lowest BCUT2D eigenvalue weighted by Gasteiger charge is -2.31. The number of nitrogens with zero attached hydrogens (tertiary/aromatic N) is 3. The number of hydrogen-bond acceptors (Lipinski definition) is 18. The number of benzene rings is 1. The van der Waals surface area contributed by atoms with E-state index in [-0.39, 0.29) is 113 Å². The van der Waals surface area contributed by atoms with E-state index in [1.165, 1.54) is 15.5 Å². The van der Waals surface area contributed by atoms with Crippen molar-refractivity contribution in [2.45, 2.75) is 174 Å². The molecule has 1 unspecified atom stereocenters. The Kier molecular flexibility index (Phi) is 22.7. The second-order valence-electron chi connectivity index (χ2n) is 22.4. The second kappa shape index (κ2) is 28.7. The van der Waals surface area contributed by atoms with E-state index in [1.807, 2.05) is 6.07 Å². The van der Waals surface area contributed by atoms with Gasteiger partial charge in [0.2, 0.25) is 29.5 Å². The number of pyridine rings is 2. The van der Waals surface area contributed by atoms with Crippen molar-refractivity contribution in [3.8, 4) is 11.4 Å². The molecule has 0 saturated carbocycles. The number of unbranched alkanes of at least 4 members (excludes halogenated alkanes) is 3. The van der Waals surface area contributed by atoms with Crippen LogP contribution >= 0.6 is 0 Å². The van der Waals surface area contributed by atoms with E-state index in [4.69, 9.17) is 19.6 Å². The lowest BCUT2D eigenvalue weighted by atomic mass is 9.86. The third-order valence-corrected chi connectivity index (χ3v) is 15.9. The first-order valence-electron chi connectivity index (χ1n) is 28.3. The zero-order valence-corrected chi connectivity index (χ0v) is 47.5. The fourth-order valence-corrected chi connectivity index (χ4v) is 10.7. The van der Waals surface area contributed by atoms with Gasteiger partial charge in [0.25, 0.3) is 5.56 Å². The number of fused-ring (bicyclic) bond motifs is 5. The van der Waals surface area contributed by atoms with Crippen LogP contribution in [-0.2, 0) is 73.0 Å². The van der Waals surface area contributed by atoms with Crippen LogP contribution in [0.5, 0.6) is 0 Å². The first kappa shape index (κ1) is 64.8. The predicted molar refractivity (Wildman–Crippen MR) is 292 cm³/mol. The Morgan fingerprint density at radius 3 is 2.30 bits per heavy atom. The van der Waals surface area contributed by atoms with Crippen LogP contribution in [0.2, 0.25) is 0 Å². The standard InChI is InChI=1S/C58H79FN6O17/c1-7-58(80)40-23-43-50-35(26-65(43)56(78)39(40)28-82-57(58)79)22-38-37(33(6)41(59)24-42(38)62-50)14-10-12-18-81-29-61-53(75)31(4)19-44(68)49(30(2)3)63-54(76)34(15-16-47(71)60-25-45(69)51(73)52(74)46(70)27-66)21-36(67)13-9-8-11-17-64-48(72)20-32(5)55(64)77/h22-24,30-32,34,45-46,49,51-52,66,69-70,73-74,80H,7-21,25-29H2,1-6H3,(H,60,71)(H,61,75)(H,63,76)/t31-,32?,34-,45+,46-,49+,51-,52-,58+/m1/s1. The van der Waals surface area contributed by atoms with Crippen LogP contribution < -0.4 is 21.5 Å². The van der Waals surface area contributed by atoms with Crippen molar-refractivity contribution in [1.29, 1.82) is 0 Å². The van der Waals surface area contributed by atoms with Gasteiger partial charge in [-0.2, -0.15) is 0 Å². The number of rotatable bonds is 32. The van der Waals surface area contributed by atoms with Crippen LogP contribution in [0.4, 0.5) is 4.39 Å². The van der Waals surface area contributed by atoms with Crippen molar-refractivity contribution >= 4 is 58.0 Å². The fraction of sp³-hybridized carbons (Fsp3) is 0.621. The number of carbonyl (C=O) groups excluding carboxylic acids is 8. The molecular weight excluding hydrogens is 1070 g/mol. The summed E-state index contributed by atoms with van der Waals surface area (Å²) in [6, 6.07) is 3.76. The van der Waals surface area contributed by atoms with Crippen molar-refractivity contribution in [3.63, 3.8) is 0 Å². The van der Waals surface area contributed by atoms with Crippen LogP contribution in [0.25, 0.3) is 22.3 Å². The zero-order valence-electron chi connectivity index (χ0n) is 47.5. The SMILES string of the molecule is CC[C@@]1(O)C(=O)OCc2c1cc1n(c2=O)Cc2cc3c(CCCCOCNC(=O)[C@H](C)CC(=O)[C@@H](NC(=O)[C@H](CCC(=O)NC[C@H](O)[C@@H](O)[C@H](O)[C@H](O)CO)CC(=O)CCCCCN4C(=O)CC(C)C4=O)C(C)C)c(C)c(F)cc3nc2-1. The summed E-state index contributed by atoms with van der Waals surface area (Å²) in [6.45, 7) is 8.67. The molecule has 9 atom stereocenters. The molecule has 0 bridgehead atoms. The van der Waals surface area contributed by atoms with Crippen molar-refractivity contribution in [2.75, 3.05) is 33.0 Å². The summed E-state index contributed by atoms with van der Waals surface area (Å²) < 4.78 is 27.9. The molecule has 23 nitrogen and oxygen atoms in total. The van der Waals surface area contributed by atoms with E-state index in [0.29, 0.717) is 61.0 Å². The van der Waals surface area contributed by atoms with Crippen LogP contribution in [0.3, 0.4) is 0 Å². The summed E-state index contributed by atoms with van der Waals surface area (Å²) in [6.07, 6.45) is -5.30. The summed E-state index contributed by atoms with van der Waals surface area (Å²) >= 11 is 0. The molecule has 1 aromatic carbocycles. The molecule has 2 aromatic heterocycles. The summed E-state index contributed by atoms with van der Waals surface area (Å²) in [5.74, 6) is -7.20. The summed E-state index contributed by atoms with van der Waals surface area (Å²) in [5.41, 5.74) is 1.14. The largest absolute Gasteiger partial charge is 0.458 e. The van der Waals surface area contributed by atoms with Gasteiger partial charge in [-0.1, -0.05) is 41.0 Å². The van der Waals surface area contributed by atoms with Gasteiger partial charge in [0, 0.05) is 92.1 Å². The minimum atomic E-state index is -1.99. The van der Waals surface area contributed by atoms with Crippen molar-refractivity contribution < 1.29 is 82.9 Å². The molecule has 450 valence electrons. The summed E-state index contributed by atoms with van der Waals surface area (Å²) in [4.78, 5) is 124. The molecule has 5 heterocycles. The molecule has 82 heavy (non-hydrogen) atoms. The Bertz CT molecular complexity index is 2950. The maximum absolute atomic E-state index is 15.5. The quantitative estimate of drug-likeness (QED) is 0.0145. The maximum Gasteiger partial charge on any atom is 0.343 e. The van der Waals surface area contributed by atoms with Gasteiger partial charge in [-0.25, -0.2) is 14.2 Å². The molecule has 24 heteroatoms. The number of likely N-dealkylation sites (tertiary alicyclic amines) is 1. The minimum Gasteiger partial charge on any atom is -0.458 e. The lowest BCUT2D eigenvalue weighted by Crippen LogP contribution is -2.49. The van der Waals surface area contributed by atoms with Gasteiger partial charge in [0.1, 0.15) is 43.3 Å².